The van der Waals surface area contributed by atoms with Gasteiger partial charge in [0.2, 0.25) is 5.91 Å². The van der Waals surface area contributed by atoms with Gasteiger partial charge in [-0.1, -0.05) is 37.6 Å². The van der Waals surface area contributed by atoms with Gasteiger partial charge >= 0.3 is 0 Å². The minimum Gasteiger partial charge on any atom is -0.375 e. The Morgan fingerprint density at radius 2 is 1.75 bits per heavy atom. The van der Waals surface area contributed by atoms with Gasteiger partial charge in [-0.3, -0.25) is 9.59 Å². The predicted octanol–water partition coefficient (Wildman–Crippen LogP) is 4.23. The van der Waals surface area contributed by atoms with Crippen LogP contribution >= 0.6 is 0 Å². The van der Waals surface area contributed by atoms with E-state index < -0.39 is 0 Å². The number of rotatable bonds is 7. The SMILES string of the molecule is CCCc1ccc(NC(=O)CNc2cccc(C)c2C(=O)N2CCCC2)cc1. The van der Waals surface area contributed by atoms with Gasteiger partial charge < -0.3 is 15.5 Å². The third-order valence-electron chi connectivity index (χ3n) is 5.10. The average Bonchev–Trinajstić information content (AvgIpc) is 3.22. The summed E-state index contributed by atoms with van der Waals surface area (Å²) in [5, 5.41) is 6.05. The molecule has 2 aromatic rings. The number of anilines is 2. The first-order chi connectivity index (χ1) is 13.6. The molecule has 0 aliphatic carbocycles. The van der Waals surface area contributed by atoms with Crippen molar-refractivity contribution in [3.63, 3.8) is 0 Å². The first-order valence-corrected chi connectivity index (χ1v) is 10.1. The second-order valence-corrected chi connectivity index (χ2v) is 7.35. The van der Waals surface area contributed by atoms with Crippen molar-refractivity contribution in [3.05, 3.63) is 59.2 Å². The lowest BCUT2D eigenvalue weighted by atomic mass is 10.0. The maximum absolute atomic E-state index is 12.9. The minimum atomic E-state index is -0.135. The molecule has 1 aliphatic rings. The standard InChI is InChI=1S/C23H29N3O2/c1-3-7-18-10-12-19(13-11-18)25-21(27)16-24-20-9-6-8-17(2)22(20)23(28)26-14-4-5-15-26/h6,8-13,24H,3-5,7,14-16H2,1-2H3,(H,25,27). The highest BCUT2D eigenvalue weighted by Crippen LogP contribution is 2.23. The van der Waals surface area contributed by atoms with Gasteiger partial charge in [0, 0.05) is 24.5 Å². The van der Waals surface area contributed by atoms with Crippen LogP contribution in [0.25, 0.3) is 0 Å². The van der Waals surface area contributed by atoms with E-state index in [1.165, 1.54) is 5.56 Å². The molecule has 0 radical (unpaired) electrons. The highest BCUT2D eigenvalue weighted by molar-refractivity contribution is 6.02. The Morgan fingerprint density at radius 1 is 1.04 bits per heavy atom. The van der Waals surface area contributed by atoms with Crippen molar-refractivity contribution in [2.45, 2.75) is 39.5 Å². The zero-order chi connectivity index (χ0) is 19.9. The molecule has 1 aliphatic heterocycles. The zero-order valence-corrected chi connectivity index (χ0v) is 16.8. The molecule has 2 N–H and O–H groups in total. The smallest absolute Gasteiger partial charge is 0.256 e. The first kappa shape index (κ1) is 19.9. The van der Waals surface area contributed by atoms with E-state index in [2.05, 4.69) is 17.6 Å². The van der Waals surface area contributed by atoms with Gasteiger partial charge in [-0.05, 0) is 55.5 Å². The maximum Gasteiger partial charge on any atom is 0.256 e. The number of nitrogens with one attached hydrogen (secondary N) is 2. The van der Waals surface area contributed by atoms with Gasteiger partial charge in [0.25, 0.3) is 5.91 Å². The van der Waals surface area contributed by atoms with Crippen LogP contribution in [0.3, 0.4) is 0 Å². The summed E-state index contributed by atoms with van der Waals surface area (Å²) in [6, 6.07) is 13.6. The van der Waals surface area contributed by atoms with Crippen LogP contribution in [0.2, 0.25) is 0 Å². The maximum atomic E-state index is 12.9. The molecule has 148 valence electrons. The molecule has 2 amide bonds. The quantitative estimate of drug-likeness (QED) is 0.757. The summed E-state index contributed by atoms with van der Waals surface area (Å²) in [6.45, 7) is 5.81. The van der Waals surface area contributed by atoms with Gasteiger partial charge in [0.05, 0.1) is 12.1 Å². The highest BCUT2D eigenvalue weighted by atomic mass is 16.2. The van der Waals surface area contributed by atoms with Gasteiger partial charge in [0.1, 0.15) is 0 Å². The summed E-state index contributed by atoms with van der Waals surface area (Å²) >= 11 is 0. The van der Waals surface area contributed by atoms with Gasteiger partial charge in [-0.15, -0.1) is 0 Å². The molecule has 3 rings (SSSR count). The van der Waals surface area contributed by atoms with Crippen LogP contribution in [-0.2, 0) is 11.2 Å². The Balaban J connectivity index is 1.63. The molecule has 5 heteroatoms. The van der Waals surface area contributed by atoms with E-state index in [9.17, 15) is 9.59 Å². The van der Waals surface area contributed by atoms with Crippen LogP contribution in [0.5, 0.6) is 0 Å². The predicted molar refractivity (Wildman–Crippen MR) is 114 cm³/mol. The molecule has 5 nitrogen and oxygen atoms in total. The molecule has 1 fully saturated rings. The van der Waals surface area contributed by atoms with Crippen LogP contribution < -0.4 is 10.6 Å². The summed E-state index contributed by atoms with van der Waals surface area (Å²) in [4.78, 5) is 27.1. The molecule has 0 aromatic heterocycles. The van der Waals surface area contributed by atoms with E-state index in [-0.39, 0.29) is 18.4 Å². The summed E-state index contributed by atoms with van der Waals surface area (Å²) < 4.78 is 0. The number of hydrogen-bond donors (Lipinski definition) is 2. The second-order valence-electron chi connectivity index (χ2n) is 7.35. The molecular weight excluding hydrogens is 350 g/mol. The fraction of sp³-hybridized carbons (Fsp3) is 0.391. The summed E-state index contributed by atoms with van der Waals surface area (Å²) in [5.74, 6) is -0.0886. The van der Waals surface area contributed by atoms with Crippen LogP contribution in [-0.4, -0.2) is 36.3 Å². The van der Waals surface area contributed by atoms with E-state index >= 15 is 0 Å². The minimum absolute atomic E-state index is 0.0463. The lowest BCUT2D eigenvalue weighted by Gasteiger charge is -2.20. The van der Waals surface area contributed by atoms with E-state index in [0.29, 0.717) is 11.3 Å². The summed E-state index contributed by atoms with van der Waals surface area (Å²) in [6.07, 6.45) is 4.25. The number of aryl methyl sites for hydroxylation is 2. The van der Waals surface area contributed by atoms with Crippen molar-refractivity contribution in [2.75, 3.05) is 30.3 Å². The zero-order valence-electron chi connectivity index (χ0n) is 16.8. The molecule has 28 heavy (non-hydrogen) atoms. The fourth-order valence-electron chi connectivity index (χ4n) is 3.60. The van der Waals surface area contributed by atoms with E-state index in [0.717, 1.165) is 50.0 Å². The van der Waals surface area contributed by atoms with Crippen LogP contribution in [0.1, 0.15) is 47.7 Å². The van der Waals surface area contributed by atoms with Crippen LogP contribution in [0, 0.1) is 6.92 Å². The molecular formula is C23H29N3O2. The number of nitrogens with zero attached hydrogens (tertiary/aromatic N) is 1. The van der Waals surface area contributed by atoms with Crippen molar-refractivity contribution in [2.24, 2.45) is 0 Å². The second kappa shape index (κ2) is 9.40. The molecule has 1 heterocycles. The van der Waals surface area contributed by atoms with E-state index in [4.69, 9.17) is 0 Å². The molecule has 2 aromatic carbocycles. The van der Waals surface area contributed by atoms with Gasteiger partial charge in [-0.2, -0.15) is 0 Å². The molecule has 0 spiro atoms. The topological polar surface area (TPSA) is 61.4 Å². The Hall–Kier alpha value is -2.82. The molecule has 0 atom stereocenters. The number of hydrogen-bond acceptors (Lipinski definition) is 3. The van der Waals surface area contributed by atoms with Crippen molar-refractivity contribution < 1.29 is 9.59 Å². The summed E-state index contributed by atoms with van der Waals surface area (Å²) in [5.41, 5.74) is 4.35. The Morgan fingerprint density at radius 3 is 2.43 bits per heavy atom. The first-order valence-electron chi connectivity index (χ1n) is 10.1. The number of carbonyl (C=O) groups excluding carboxylic acids is 2. The molecule has 0 unspecified atom stereocenters. The largest absolute Gasteiger partial charge is 0.375 e. The third-order valence-corrected chi connectivity index (χ3v) is 5.10. The van der Waals surface area contributed by atoms with Gasteiger partial charge in [0.15, 0.2) is 0 Å². The molecule has 1 saturated heterocycles. The van der Waals surface area contributed by atoms with Crippen molar-refractivity contribution >= 4 is 23.2 Å². The lowest BCUT2D eigenvalue weighted by molar-refractivity contribution is -0.114. The number of likely N-dealkylation sites (tertiary alicyclic amines) is 1. The van der Waals surface area contributed by atoms with E-state index in [1.807, 2.05) is 54.3 Å². The van der Waals surface area contributed by atoms with E-state index in [1.54, 1.807) is 0 Å². The monoisotopic (exact) mass is 379 g/mol. The normalized spacial score (nSPS) is 13.4. The van der Waals surface area contributed by atoms with Crippen LogP contribution in [0.4, 0.5) is 11.4 Å². The Labute approximate surface area is 167 Å². The van der Waals surface area contributed by atoms with Crippen molar-refractivity contribution in [1.82, 2.24) is 4.90 Å². The highest BCUT2D eigenvalue weighted by Gasteiger charge is 2.23. The average molecular weight is 380 g/mol. The number of carbonyl (C=O) groups is 2. The number of amides is 2. The van der Waals surface area contributed by atoms with Gasteiger partial charge in [-0.25, -0.2) is 0 Å². The Kier molecular flexibility index (Phi) is 6.69. The third kappa shape index (κ3) is 4.91. The molecule has 0 saturated carbocycles. The fourth-order valence-corrected chi connectivity index (χ4v) is 3.60. The summed E-state index contributed by atoms with van der Waals surface area (Å²) in [7, 11) is 0. The number of benzene rings is 2. The van der Waals surface area contributed by atoms with Crippen molar-refractivity contribution in [1.29, 1.82) is 0 Å². The molecule has 0 bridgehead atoms. The lowest BCUT2D eigenvalue weighted by Crippen LogP contribution is -2.30. The van der Waals surface area contributed by atoms with Crippen LogP contribution in [0.15, 0.2) is 42.5 Å². The Bertz CT molecular complexity index is 824. The van der Waals surface area contributed by atoms with Crippen molar-refractivity contribution in [3.8, 4) is 0 Å².